The van der Waals surface area contributed by atoms with Gasteiger partial charge in [-0.2, -0.15) is 0 Å². The Hall–Kier alpha value is -0.870. The second kappa shape index (κ2) is 4.57. The van der Waals surface area contributed by atoms with E-state index in [1.807, 2.05) is 19.1 Å². The lowest BCUT2D eigenvalue weighted by Gasteiger charge is -2.10. The number of rotatable bonds is 3. The van der Waals surface area contributed by atoms with Crippen LogP contribution >= 0.6 is 15.9 Å². The minimum atomic E-state index is -1.01. The van der Waals surface area contributed by atoms with Gasteiger partial charge in [-0.3, -0.25) is 4.79 Å². The first-order valence-electron chi connectivity index (χ1n) is 4.16. The van der Waals surface area contributed by atoms with Gasteiger partial charge >= 0.3 is 5.97 Å². The Morgan fingerprint density at radius 1 is 1.57 bits per heavy atom. The normalized spacial score (nSPS) is 12.5. The molecule has 0 saturated carbocycles. The molecule has 3 nitrogen and oxygen atoms in total. The van der Waals surface area contributed by atoms with Crippen LogP contribution in [0.2, 0.25) is 0 Å². The van der Waals surface area contributed by atoms with Crippen molar-refractivity contribution in [2.45, 2.75) is 19.4 Å². The summed E-state index contributed by atoms with van der Waals surface area (Å²) >= 11 is 3.28. The van der Waals surface area contributed by atoms with Crippen molar-refractivity contribution in [2.24, 2.45) is 0 Å². The maximum atomic E-state index is 10.4. The van der Waals surface area contributed by atoms with Crippen molar-refractivity contribution in [3.05, 3.63) is 33.8 Å². The molecule has 0 aromatic heterocycles. The number of carbonyl (C=O) groups is 1. The molecule has 0 fully saturated rings. The molecule has 0 aliphatic rings. The number of aryl methyl sites for hydroxylation is 1. The summed E-state index contributed by atoms with van der Waals surface area (Å²) in [5.74, 6) is -1.01. The molecule has 1 atom stereocenters. The molecule has 0 unspecified atom stereocenters. The Labute approximate surface area is 90.5 Å². The molecule has 1 aromatic rings. The summed E-state index contributed by atoms with van der Waals surface area (Å²) in [6, 6.07) is 5.42. The van der Waals surface area contributed by atoms with Crippen LogP contribution in [0.1, 0.15) is 23.7 Å². The van der Waals surface area contributed by atoms with Crippen molar-refractivity contribution < 1.29 is 15.0 Å². The second-order valence-corrected chi connectivity index (χ2v) is 3.99. The quantitative estimate of drug-likeness (QED) is 0.875. The first kappa shape index (κ1) is 11.2. The van der Waals surface area contributed by atoms with Gasteiger partial charge in [0.25, 0.3) is 0 Å². The average molecular weight is 259 g/mol. The maximum Gasteiger partial charge on any atom is 0.306 e. The largest absolute Gasteiger partial charge is 0.481 e. The van der Waals surface area contributed by atoms with Crippen LogP contribution in [0.3, 0.4) is 0 Å². The van der Waals surface area contributed by atoms with E-state index in [1.165, 1.54) is 0 Å². The second-order valence-electron chi connectivity index (χ2n) is 3.14. The van der Waals surface area contributed by atoms with Crippen molar-refractivity contribution in [1.29, 1.82) is 0 Å². The summed E-state index contributed by atoms with van der Waals surface area (Å²) in [6.07, 6.45) is -1.23. The molecule has 2 N–H and O–H groups in total. The first-order valence-corrected chi connectivity index (χ1v) is 4.96. The van der Waals surface area contributed by atoms with E-state index in [2.05, 4.69) is 15.9 Å². The van der Waals surface area contributed by atoms with Gasteiger partial charge in [-0.25, -0.2) is 0 Å². The van der Waals surface area contributed by atoms with Gasteiger partial charge in [-0.05, 0) is 24.1 Å². The molecule has 4 heteroatoms. The molecule has 14 heavy (non-hydrogen) atoms. The van der Waals surface area contributed by atoms with Crippen LogP contribution in [-0.2, 0) is 4.79 Å². The van der Waals surface area contributed by atoms with Gasteiger partial charge < -0.3 is 10.2 Å². The minimum Gasteiger partial charge on any atom is -0.481 e. The van der Waals surface area contributed by atoms with Gasteiger partial charge in [0.05, 0.1) is 12.5 Å². The Kier molecular flexibility index (Phi) is 3.66. The number of hydrogen-bond acceptors (Lipinski definition) is 2. The van der Waals surface area contributed by atoms with Crippen molar-refractivity contribution in [1.82, 2.24) is 0 Å². The van der Waals surface area contributed by atoms with Gasteiger partial charge in [-0.15, -0.1) is 0 Å². The van der Waals surface area contributed by atoms with E-state index in [0.717, 1.165) is 10.0 Å². The molecule has 76 valence electrons. The fraction of sp³-hybridized carbons (Fsp3) is 0.300. The van der Waals surface area contributed by atoms with Crippen LogP contribution < -0.4 is 0 Å². The molecule has 0 spiro atoms. The summed E-state index contributed by atoms with van der Waals surface area (Å²) < 4.78 is 0.742. The number of benzene rings is 1. The van der Waals surface area contributed by atoms with Crippen LogP contribution in [-0.4, -0.2) is 16.2 Å². The molecular formula is C10H11BrO3. The molecule has 0 bridgehead atoms. The highest BCUT2D eigenvalue weighted by Crippen LogP contribution is 2.26. The predicted octanol–water partition coefficient (Wildman–Crippen LogP) is 2.27. The molecular weight excluding hydrogens is 248 g/mol. The average Bonchev–Trinajstić information content (AvgIpc) is 2.01. The topological polar surface area (TPSA) is 57.5 Å². The number of aliphatic hydroxyl groups excluding tert-OH is 1. The van der Waals surface area contributed by atoms with E-state index in [4.69, 9.17) is 5.11 Å². The van der Waals surface area contributed by atoms with Crippen molar-refractivity contribution in [2.75, 3.05) is 0 Å². The van der Waals surface area contributed by atoms with Crippen LogP contribution in [0.5, 0.6) is 0 Å². The van der Waals surface area contributed by atoms with Crippen LogP contribution in [0.4, 0.5) is 0 Å². The van der Waals surface area contributed by atoms with Gasteiger partial charge in [-0.1, -0.05) is 28.1 Å². The molecule has 0 aliphatic heterocycles. The first-order chi connectivity index (χ1) is 6.50. The van der Waals surface area contributed by atoms with Crippen molar-refractivity contribution in [3.63, 3.8) is 0 Å². The molecule has 0 aliphatic carbocycles. The molecule has 0 heterocycles. The van der Waals surface area contributed by atoms with Gasteiger partial charge in [0, 0.05) is 4.47 Å². The van der Waals surface area contributed by atoms with E-state index >= 15 is 0 Å². The number of hydrogen-bond donors (Lipinski definition) is 2. The van der Waals surface area contributed by atoms with Gasteiger partial charge in [0.1, 0.15) is 0 Å². The molecule has 1 rings (SSSR count). The van der Waals surface area contributed by atoms with Gasteiger partial charge in [0.15, 0.2) is 0 Å². The van der Waals surface area contributed by atoms with Crippen molar-refractivity contribution >= 4 is 21.9 Å². The molecule has 0 radical (unpaired) electrons. The third-order valence-corrected chi connectivity index (χ3v) is 2.57. The fourth-order valence-corrected chi connectivity index (χ4v) is 1.94. The number of carboxylic acid groups (broad SMARTS) is 1. The van der Waals surface area contributed by atoms with Crippen LogP contribution in [0, 0.1) is 6.92 Å². The Balaban J connectivity index is 2.90. The Bertz CT molecular complexity index is 349. The van der Waals surface area contributed by atoms with Crippen molar-refractivity contribution in [3.8, 4) is 0 Å². The summed E-state index contributed by atoms with van der Waals surface area (Å²) in [7, 11) is 0. The maximum absolute atomic E-state index is 10.4. The predicted molar refractivity (Wildman–Crippen MR) is 56.1 cm³/mol. The van der Waals surface area contributed by atoms with E-state index in [-0.39, 0.29) is 6.42 Å². The summed E-state index contributed by atoms with van der Waals surface area (Å²) in [4.78, 5) is 10.4. The standard InChI is InChI=1S/C10H11BrO3/c1-6-2-3-7(8(11)4-6)9(12)5-10(13)14/h2-4,9,12H,5H2,1H3,(H,13,14)/t9-/m1/s1. The summed E-state index contributed by atoms with van der Waals surface area (Å²) in [5, 5.41) is 18.1. The molecule has 0 saturated heterocycles. The highest BCUT2D eigenvalue weighted by atomic mass is 79.9. The minimum absolute atomic E-state index is 0.276. The molecule has 0 amide bonds. The lowest BCUT2D eigenvalue weighted by Crippen LogP contribution is -2.06. The summed E-state index contributed by atoms with van der Waals surface area (Å²) in [5.41, 5.74) is 1.67. The zero-order valence-electron chi connectivity index (χ0n) is 7.70. The monoisotopic (exact) mass is 258 g/mol. The fourth-order valence-electron chi connectivity index (χ4n) is 1.18. The highest BCUT2D eigenvalue weighted by Gasteiger charge is 2.14. The number of halogens is 1. The third-order valence-electron chi connectivity index (χ3n) is 1.88. The highest BCUT2D eigenvalue weighted by molar-refractivity contribution is 9.10. The zero-order chi connectivity index (χ0) is 10.7. The summed E-state index contributed by atoms with van der Waals surface area (Å²) in [6.45, 7) is 1.93. The Morgan fingerprint density at radius 3 is 2.71 bits per heavy atom. The van der Waals surface area contributed by atoms with Gasteiger partial charge in [0.2, 0.25) is 0 Å². The van der Waals surface area contributed by atoms with Crippen LogP contribution in [0.25, 0.3) is 0 Å². The van der Waals surface area contributed by atoms with E-state index in [9.17, 15) is 9.90 Å². The van der Waals surface area contributed by atoms with Crippen LogP contribution in [0.15, 0.2) is 22.7 Å². The van der Waals surface area contributed by atoms with E-state index in [0.29, 0.717) is 5.56 Å². The smallest absolute Gasteiger partial charge is 0.306 e. The number of carboxylic acids is 1. The molecule has 1 aromatic carbocycles. The third kappa shape index (κ3) is 2.82. The SMILES string of the molecule is Cc1ccc([C@H](O)CC(=O)O)c(Br)c1. The lowest BCUT2D eigenvalue weighted by atomic mass is 10.1. The number of aliphatic hydroxyl groups is 1. The van der Waals surface area contributed by atoms with E-state index in [1.54, 1.807) is 6.07 Å². The van der Waals surface area contributed by atoms with E-state index < -0.39 is 12.1 Å². The Morgan fingerprint density at radius 2 is 2.21 bits per heavy atom. The lowest BCUT2D eigenvalue weighted by molar-refractivity contribution is -0.139. The number of aliphatic carboxylic acids is 1. The zero-order valence-corrected chi connectivity index (χ0v) is 9.28.